The molecule has 0 aliphatic heterocycles. The second-order valence-corrected chi connectivity index (χ2v) is 5.60. The molecule has 1 N–H and O–H groups in total. The molecule has 1 aromatic carbocycles. The predicted octanol–water partition coefficient (Wildman–Crippen LogP) is 3.70. The van der Waals surface area contributed by atoms with Crippen LogP contribution in [0.1, 0.15) is 11.1 Å². The lowest BCUT2D eigenvalue weighted by Gasteiger charge is -2.11. The average Bonchev–Trinajstić information content (AvgIpc) is 3.01. The minimum Gasteiger partial charge on any atom is -0.366 e. The van der Waals surface area contributed by atoms with E-state index in [4.69, 9.17) is 0 Å². The molecular formula is C16H15BrN4. The number of halogens is 1. The molecule has 3 aromatic rings. The quantitative estimate of drug-likeness (QED) is 0.768. The molecule has 0 fully saturated rings. The molecule has 5 heteroatoms. The highest BCUT2D eigenvalue weighted by Crippen LogP contribution is 2.14. The van der Waals surface area contributed by atoms with Gasteiger partial charge < -0.3 is 5.32 Å². The molecule has 3 rings (SSSR count). The summed E-state index contributed by atoms with van der Waals surface area (Å²) in [5, 5.41) is 7.61. The highest BCUT2D eigenvalue weighted by atomic mass is 79.9. The van der Waals surface area contributed by atoms with Crippen LogP contribution in [0.3, 0.4) is 0 Å². The minimum absolute atomic E-state index is 0.742. The smallest absolute Gasteiger partial charge is 0.126 e. The first-order valence-electron chi connectivity index (χ1n) is 6.71. The van der Waals surface area contributed by atoms with Crippen molar-refractivity contribution in [2.24, 2.45) is 0 Å². The second-order valence-electron chi connectivity index (χ2n) is 4.69. The Bertz CT molecular complexity index is 693. The molecule has 0 saturated heterocycles. The van der Waals surface area contributed by atoms with Crippen molar-refractivity contribution in [3.05, 3.63) is 76.7 Å². The highest BCUT2D eigenvalue weighted by Gasteiger charge is 2.03. The number of nitrogens with one attached hydrogen (secondary N) is 1. The summed E-state index contributed by atoms with van der Waals surface area (Å²) >= 11 is 3.39. The summed E-state index contributed by atoms with van der Waals surface area (Å²) in [6, 6.07) is 14.2. The molecular weight excluding hydrogens is 328 g/mol. The van der Waals surface area contributed by atoms with Gasteiger partial charge >= 0.3 is 0 Å². The van der Waals surface area contributed by atoms with Crippen LogP contribution in [-0.2, 0) is 13.1 Å². The van der Waals surface area contributed by atoms with Crippen molar-refractivity contribution in [1.29, 1.82) is 0 Å². The van der Waals surface area contributed by atoms with E-state index in [1.165, 1.54) is 11.1 Å². The second kappa shape index (κ2) is 6.54. The zero-order valence-corrected chi connectivity index (χ0v) is 13.0. The molecule has 2 aromatic heterocycles. The Morgan fingerprint density at radius 1 is 1.05 bits per heavy atom. The molecule has 0 bridgehead atoms. The summed E-state index contributed by atoms with van der Waals surface area (Å²) in [4.78, 5) is 4.32. The van der Waals surface area contributed by atoms with E-state index in [0.29, 0.717) is 0 Å². The molecule has 0 radical (unpaired) electrons. The van der Waals surface area contributed by atoms with E-state index in [1.807, 2.05) is 29.1 Å². The van der Waals surface area contributed by atoms with E-state index >= 15 is 0 Å². The fourth-order valence-corrected chi connectivity index (χ4v) is 2.35. The molecule has 2 heterocycles. The Kier molecular flexibility index (Phi) is 4.31. The van der Waals surface area contributed by atoms with Crippen LogP contribution in [0.5, 0.6) is 0 Å². The molecule has 0 saturated carbocycles. The third-order valence-electron chi connectivity index (χ3n) is 3.20. The number of benzene rings is 1. The van der Waals surface area contributed by atoms with E-state index in [2.05, 4.69) is 55.6 Å². The predicted molar refractivity (Wildman–Crippen MR) is 87.0 cm³/mol. The van der Waals surface area contributed by atoms with E-state index in [-0.39, 0.29) is 0 Å². The molecule has 106 valence electrons. The van der Waals surface area contributed by atoms with Crippen LogP contribution >= 0.6 is 15.9 Å². The van der Waals surface area contributed by atoms with Gasteiger partial charge in [-0.3, -0.25) is 4.68 Å². The van der Waals surface area contributed by atoms with Gasteiger partial charge in [-0.25, -0.2) is 4.98 Å². The van der Waals surface area contributed by atoms with Gasteiger partial charge in [0, 0.05) is 29.6 Å². The van der Waals surface area contributed by atoms with Crippen molar-refractivity contribution in [3.8, 4) is 0 Å². The number of rotatable bonds is 5. The summed E-state index contributed by atoms with van der Waals surface area (Å²) in [5.41, 5.74) is 2.50. The number of pyridine rings is 1. The van der Waals surface area contributed by atoms with E-state index in [1.54, 1.807) is 12.4 Å². The highest BCUT2D eigenvalue weighted by molar-refractivity contribution is 9.10. The first kappa shape index (κ1) is 13.8. The molecule has 0 amide bonds. The van der Waals surface area contributed by atoms with Crippen molar-refractivity contribution in [3.63, 3.8) is 0 Å². The summed E-state index contributed by atoms with van der Waals surface area (Å²) in [5.74, 6) is 0.868. The monoisotopic (exact) mass is 342 g/mol. The SMILES string of the molecule is Brc1ccc(NCc2ccccc2Cn2cccn2)nc1. The van der Waals surface area contributed by atoms with Crippen molar-refractivity contribution in [2.75, 3.05) is 5.32 Å². The van der Waals surface area contributed by atoms with Crippen molar-refractivity contribution >= 4 is 21.7 Å². The minimum atomic E-state index is 0.742. The van der Waals surface area contributed by atoms with Gasteiger partial charge in [-0.05, 0) is 45.3 Å². The van der Waals surface area contributed by atoms with Crippen molar-refractivity contribution < 1.29 is 0 Å². The van der Waals surface area contributed by atoms with Crippen LogP contribution in [0.15, 0.2) is 65.5 Å². The topological polar surface area (TPSA) is 42.7 Å². The summed E-state index contributed by atoms with van der Waals surface area (Å²) in [7, 11) is 0. The molecule has 4 nitrogen and oxygen atoms in total. The molecule has 0 spiro atoms. The van der Waals surface area contributed by atoms with Gasteiger partial charge in [-0.2, -0.15) is 5.10 Å². The van der Waals surface area contributed by atoms with Crippen LogP contribution in [0.2, 0.25) is 0 Å². The van der Waals surface area contributed by atoms with Gasteiger partial charge in [0.05, 0.1) is 6.54 Å². The molecule has 0 unspecified atom stereocenters. The first-order valence-corrected chi connectivity index (χ1v) is 7.50. The fraction of sp³-hybridized carbons (Fsp3) is 0.125. The number of anilines is 1. The van der Waals surface area contributed by atoms with E-state index < -0.39 is 0 Å². The lowest BCUT2D eigenvalue weighted by Crippen LogP contribution is -2.07. The largest absolute Gasteiger partial charge is 0.366 e. The maximum Gasteiger partial charge on any atom is 0.126 e. The van der Waals surface area contributed by atoms with Crippen molar-refractivity contribution in [2.45, 2.75) is 13.1 Å². The molecule has 0 aliphatic rings. The van der Waals surface area contributed by atoms with Gasteiger partial charge in [-0.15, -0.1) is 0 Å². The van der Waals surface area contributed by atoms with Gasteiger partial charge in [0.15, 0.2) is 0 Å². The lowest BCUT2D eigenvalue weighted by atomic mass is 10.1. The number of hydrogen-bond acceptors (Lipinski definition) is 3. The van der Waals surface area contributed by atoms with Gasteiger partial charge in [0.1, 0.15) is 5.82 Å². The first-order chi connectivity index (χ1) is 10.3. The van der Waals surface area contributed by atoms with E-state index in [9.17, 15) is 0 Å². The van der Waals surface area contributed by atoms with Gasteiger partial charge in [-0.1, -0.05) is 24.3 Å². The lowest BCUT2D eigenvalue weighted by molar-refractivity contribution is 0.682. The van der Waals surface area contributed by atoms with Gasteiger partial charge in [0.25, 0.3) is 0 Å². The molecule has 21 heavy (non-hydrogen) atoms. The van der Waals surface area contributed by atoms with Crippen LogP contribution in [0.25, 0.3) is 0 Å². The zero-order chi connectivity index (χ0) is 14.5. The number of nitrogens with zero attached hydrogens (tertiary/aromatic N) is 3. The Morgan fingerprint density at radius 3 is 2.62 bits per heavy atom. The van der Waals surface area contributed by atoms with Crippen LogP contribution in [-0.4, -0.2) is 14.8 Å². The van der Waals surface area contributed by atoms with Crippen molar-refractivity contribution in [1.82, 2.24) is 14.8 Å². The Balaban J connectivity index is 1.71. The van der Waals surface area contributed by atoms with E-state index in [0.717, 1.165) is 23.4 Å². The molecule has 0 aliphatic carbocycles. The third kappa shape index (κ3) is 3.70. The fourth-order valence-electron chi connectivity index (χ4n) is 2.12. The standard InChI is InChI=1S/C16H15BrN4/c17-15-6-7-16(19-11-15)18-10-13-4-1-2-5-14(13)12-21-9-3-8-20-21/h1-9,11H,10,12H2,(H,18,19). The Morgan fingerprint density at radius 2 is 1.90 bits per heavy atom. The third-order valence-corrected chi connectivity index (χ3v) is 3.67. The van der Waals surface area contributed by atoms with Crippen LogP contribution < -0.4 is 5.32 Å². The maximum absolute atomic E-state index is 4.32. The molecule has 0 atom stereocenters. The maximum atomic E-state index is 4.32. The Labute approximate surface area is 132 Å². The van der Waals surface area contributed by atoms with Crippen LogP contribution in [0.4, 0.5) is 5.82 Å². The summed E-state index contributed by atoms with van der Waals surface area (Å²) < 4.78 is 2.91. The average molecular weight is 343 g/mol. The number of hydrogen-bond donors (Lipinski definition) is 1. The number of aromatic nitrogens is 3. The van der Waals surface area contributed by atoms with Gasteiger partial charge in [0.2, 0.25) is 0 Å². The summed E-state index contributed by atoms with van der Waals surface area (Å²) in [6.45, 7) is 1.52. The zero-order valence-electron chi connectivity index (χ0n) is 11.4. The summed E-state index contributed by atoms with van der Waals surface area (Å²) in [6.07, 6.45) is 5.56. The van der Waals surface area contributed by atoms with Crippen LogP contribution in [0, 0.1) is 0 Å². The Hall–Kier alpha value is -2.14. The normalized spacial score (nSPS) is 10.5.